The Bertz CT molecular complexity index is 488. The molecule has 0 radical (unpaired) electrons. The number of nitrogens with one attached hydrogen (secondary N) is 1. The summed E-state index contributed by atoms with van der Waals surface area (Å²) >= 11 is 3.46. The topological polar surface area (TPSA) is 47.6 Å². The minimum absolute atomic E-state index is 0.0212. The summed E-state index contributed by atoms with van der Waals surface area (Å²) in [5.74, 6) is 0.292. The Balaban J connectivity index is 1.47. The van der Waals surface area contributed by atoms with Gasteiger partial charge in [-0.1, -0.05) is 28.1 Å². The number of halogens is 1. The van der Waals surface area contributed by atoms with Gasteiger partial charge < -0.3 is 4.74 Å². The van der Waals surface area contributed by atoms with Gasteiger partial charge in [0.1, 0.15) is 0 Å². The molecule has 20 heavy (non-hydrogen) atoms. The highest BCUT2D eigenvalue weighted by molar-refractivity contribution is 9.10. The summed E-state index contributed by atoms with van der Waals surface area (Å²) in [4.78, 5) is 17.3. The molecule has 1 aliphatic carbocycles. The molecule has 1 saturated carbocycles. The minimum Gasteiger partial charge on any atom is -0.350 e. The molecule has 1 heterocycles. The first-order valence-corrected chi connectivity index (χ1v) is 7.86. The number of amides is 1. The summed E-state index contributed by atoms with van der Waals surface area (Å²) in [6.07, 6.45) is 3.61. The predicted octanol–water partition coefficient (Wildman–Crippen LogP) is 3.13. The van der Waals surface area contributed by atoms with E-state index in [1.54, 1.807) is 0 Å². The zero-order valence-corrected chi connectivity index (χ0v) is 12.8. The van der Waals surface area contributed by atoms with E-state index in [0.717, 1.165) is 30.2 Å². The molecule has 3 rings (SSSR count). The highest BCUT2D eigenvalue weighted by atomic mass is 79.9. The van der Waals surface area contributed by atoms with Gasteiger partial charge in [-0.2, -0.15) is 0 Å². The molecule has 0 spiro atoms. The van der Waals surface area contributed by atoms with Gasteiger partial charge in [0.05, 0.1) is 0 Å². The fourth-order valence-corrected chi connectivity index (χ4v) is 3.01. The smallest absolute Gasteiger partial charge is 0.247 e. The van der Waals surface area contributed by atoms with Crippen LogP contribution in [0.25, 0.3) is 0 Å². The number of carbonyl (C=O) groups is 1. The first-order valence-electron chi connectivity index (χ1n) is 7.06. The van der Waals surface area contributed by atoms with Crippen LogP contribution in [-0.2, 0) is 14.4 Å². The normalized spacial score (nSPS) is 28.9. The fraction of sp³-hybridized carbons (Fsp3) is 0.533. The third-order valence-corrected chi connectivity index (χ3v) is 4.33. The van der Waals surface area contributed by atoms with Crippen molar-refractivity contribution in [1.29, 1.82) is 0 Å². The highest BCUT2D eigenvalue weighted by Gasteiger charge is 2.44. The summed E-state index contributed by atoms with van der Waals surface area (Å²) in [6.45, 7) is 0.713. The third-order valence-electron chi connectivity index (χ3n) is 3.83. The van der Waals surface area contributed by atoms with Crippen LogP contribution in [0.1, 0.15) is 37.2 Å². The van der Waals surface area contributed by atoms with Crippen LogP contribution in [0.15, 0.2) is 28.7 Å². The number of ether oxygens (including phenoxy) is 1. The third kappa shape index (κ3) is 3.40. The molecule has 2 fully saturated rings. The number of benzene rings is 1. The van der Waals surface area contributed by atoms with E-state index < -0.39 is 0 Å². The van der Waals surface area contributed by atoms with Crippen molar-refractivity contribution in [3.8, 4) is 0 Å². The van der Waals surface area contributed by atoms with Gasteiger partial charge in [0.25, 0.3) is 0 Å². The van der Waals surface area contributed by atoms with Gasteiger partial charge in [-0.25, -0.2) is 10.3 Å². The average molecular weight is 340 g/mol. The molecule has 3 unspecified atom stereocenters. The van der Waals surface area contributed by atoms with Gasteiger partial charge >= 0.3 is 0 Å². The van der Waals surface area contributed by atoms with Crippen molar-refractivity contribution in [3.05, 3.63) is 34.3 Å². The Morgan fingerprint density at radius 1 is 1.40 bits per heavy atom. The second-order valence-corrected chi connectivity index (χ2v) is 6.30. The van der Waals surface area contributed by atoms with Crippen LogP contribution in [-0.4, -0.2) is 18.8 Å². The first kappa shape index (κ1) is 14.0. The largest absolute Gasteiger partial charge is 0.350 e. The van der Waals surface area contributed by atoms with Crippen molar-refractivity contribution in [2.24, 2.45) is 5.92 Å². The predicted molar refractivity (Wildman–Crippen MR) is 77.8 cm³/mol. The average Bonchev–Trinajstić information content (AvgIpc) is 3.26. The molecule has 3 atom stereocenters. The highest BCUT2D eigenvalue weighted by Crippen LogP contribution is 2.47. The van der Waals surface area contributed by atoms with Crippen molar-refractivity contribution < 1.29 is 14.4 Å². The van der Waals surface area contributed by atoms with Crippen molar-refractivity contribution in [2.45, 2.75) is 37.9 Å². The molecule has 5 heteroatoms. The number of hydrogen-bond acceptors (Lipinski definition) is 3. The molecule has 1 aromatic rings. The summed E-state index contributed by atoms with van der Waals surface area (Å²) in [5.41, 5.74) is 3.76. The second-order valence-electron chi connectivity index (χ2n) is 5.38. The van der Waals surface area contributed by atoms with Gasteiger partial charge in [0.2, 0.25) is 5.91 Å². The molecule has 1 amide bonds. The molecule has 1 saturated heterocycles. The van der Waals surface area contributed by atoms with Crippen LogP contribution in [0.2, 0.25) is 0 Å². The summed E-state index contributed by atoms with van der Waals surface area (Å²) in [7, 11) is 0. The lowest BCUT2D eigenvalue weighted by molar-refractivity contribution is -0.201. The van der Waals surface area contributed by atoms with Crippen molar-refractivity contribution in [1.82, 2.24) is 5.48 Å². The lowest BCUT2D eigenvalue weighted by Crippen LogP contribution is -2.34. The number of carbonyl (C=O) groups excluding carboxylic acids is 1. The molecule has 0 aromatic heterocycles. The summed E-state index contributed by atoms with van der Waals surface area (Å²) in [6, 6.07) is 8.13. The van der Waals surface area contributed by atoms with Crippen LogP contribution in [0.4, 0.5) is 0 Å². The molecule has 1 N–H and O–H groups in total. The van der Waals surface area contributed by atoms with Crippen LogP contribution in [0.3, 0.4) is 0 Å². The lowest BCUT2D eigenvalue weighted by Gasteiger charge is -2.22. The van der Waals surface area contributed by atoms with Crippen molar-refractivity contribution in [2.75, 3.05) is 6.61 Å². The maximum atomic E-state index is 12.0. The van der Waals surface area contributed by atoms with Crippen LogP contribution in [0, 0.1) is 5.92 Å². The van der Waals surface area contributed by atoms with E-state index in [9.17, 15) is 4.79 Å². The molecule has 2 aliphatic rings. The summed E-state index contributed by atoms with van der Waals surface area (Å²) < 4.78 is 6.46. The van der Waals surface area contributed by atoms with Crippen LogP contribution < -0.4 is 5.48 Å². The standard InChI is InChI=1S/C15H18BrNO3/c16-11-5-3-4-10(8-11)12-9-13(12)15(18)17-20-14-6-1-2-7-19-14/h3-5,8,12-14H,1-2,6-7,9H2,(H,17,18). The molecule has 4 nitrogen and oxygen atoms in total. The van der Waals surface area contributed by atoms with E-state index in [-0.39, 0.29) is 18.1 Å². The molecular formula is C15H18BrNO3. The van der Waals surface area contributed by atoms with E-state index in [4.69, 9.17) is 9.57 Å². The summed E-state index contributed by atoms with van der Waals surface area (Å²) in [5, 5.41) is 0. The maximum absolute atomic E-state index is 12.0. The Morgan fingerprint density at radius 2 is 2.30 bits per heavy atom. The Kier molecular flexibility index (Phi) is 4.38. The van der Waals surface area contributed by atoms with E-state index in [1.165, 1.54) is 5.56 Å². The maximum Gasteiger partial charge on any atom is 0.247 e. The fourth-order valence-electron chi connectivity index (χ4n) is 2.59. The van der Waals surface area contributed by atoms with Gasteiger partial charge in [0.15, 0.2) is 6.29 Å². The van der Waals surface area contributed by atoms with E-state index >= 15 is 0 Å². The van der Waals surface area contributed by atoms with E-state index in [1.807, 2.05) is 12.1 Å². The van der Waals surface area contributed by atoms with Crippen molar-refractivity contribution >= 4 is 21.8 Å². The minimum atomic E-state index is -0.282. The Hall–Kier alpha value is -0.910. The second kappa shape index (κ2) is 6.24. The van der Waals surface area contributed by atoms with Gasteiger partial charge in [-0.15, -0.1) is 0 Å². The monoisotopic (exact) mass is 339 g/mol. The number of hydroxylamine groups is 1. The van der Waals surface area contributed by atoms with Crippen LogP contribution >= 0.6 is 15.9 Å². The Morgan fingerprint density at radius 3 is 3.05 bits per heavy atom. The Labute approximate surface area is 126 Å². The quantitative estimate of drug-likeness (QED) is 0.857. The molecule has 1 aliphatic heterocycles. The number of hydrogen-bond donors (Lipinski definition) is 1. The SMILES string of the molecule is O=C(NOC1CCCCO1)C1CC1c1cccc(Br)c1. The van der Waals surface area contributed by atoms with Gasteiger partial charge in [0, 0.05) is 23.4 Å². The van der Waals surface area contributed by atoms with Crippen LogP contribution in [0.5, 0.6) is 0 Å². The van der Waals surface area contributed by atoms with Crippen molar-refractivity contribution in [3.63, 3.8) is 0 Å². The van der Waals surface area contributed by atoms with E-state index in [2.05, 4.69) is 33.5 Å². The van der Waals surface area contributed by atoms with Gasteiger partial charge in [-0.3, -0.25) is 4.79 Å². The van der Waals surface area contributed by atoms with E-state index in [0.29, 0.717) is 12.5 Å². The lowest BCUT2D eigenvalue weighted by atomic mass is 10.1. The first-order chi connectivity index (χ1) is 9.74. The molecule has 0 bridgehead atoms. The number of rotatable bonds is 4. The van der Waals surface area contributed by atoms with Gasteiger partial charge in [-0.05, 0) is 42.9 Å². The molecular weight excluding hydrogens is 322 g/mol. The zero-order valence-electron chi connectivity index (χ0n) is 11.2. The molecule has 108 valence electrons. The zero-order chi connectivity index (χ0) is 13.9. The molecule has 1 aromatic carbocycles.